The van der Waals surface area contributed by atoms with Crippen molar-refractivity contribution in [2.75, 3.05) is 32.8 Å². The zero-order valence-corrected chi connectivity index (χ0v) is 20.3. The van der Waals surface area contributed by atoms with E-state index in [2.05, 4.69) is 29.1 Å². The van der Waals surface area contributed by atoms with E-state index in [0.29, 0.717) is 32.0 Å². The average molecular weight is 492 g/mol. The molecular formula is C27H33N5O4. The van der Waals surface area contributed by atoms with Crippen molar-refractivity contribution in [3.8, 4) is 5.75 Å². The van der Waals surface area contributed by atoms with Crippen molar-refractivity contribution in [2.24, 2.45) is 0 Å². The first kappa shape index (κ1) is 26.5. The van der Waals surface area contributed by atoms with Crippen molar-refractivity contribution >= 4 is 17.8 Å². The van der Waals surface area contributed by atoms with Crippen molar-refractivity contribution in [1.82, 2.24) is 25.8 Å². The number of carbonyl (C=O) groups is 3. The van der Waals surface area contributed by atoms with Gasteiger partial charge in [0, 0.05) is 19.6 Å². The van der Waals surface area contributed by atoms with E-state index >= 15 is 0 Å². The van der Waals surface area contributed by atoms with Crippen molar-refractivity contribution in [2.45, 2.75) is 19.3 Å². The molecule has 190 valence electrons. The number of benzene rings is 2. The van der Waals surface area contributed by atoms with Crippen LogP contribution in [0.2, 0.25) is 0 Å². The van der Waals surface area contributed by atoms with E-state index in [1.807, 2.05) is 54.6 Å². The van der Waals surface area contributed by atoms with Crippen LogP contribution in [0.4, 0.5) is 4.79 Å². The molecule has 0 aliphatic carbocycles. The Morgan fingerprint density at radius 3 is 2.47 bits per heavy atom. The molecule has 0 radical (unpaired) electrons. The van der Waals surface area contributed by atoms with Crippen LogP contribution in [-0.2, 0) is 22.7 Å². The highest BCUT2D eigenvalue weighted by molar-refractivity contribution is 5.88. The Morgan fingerprint density at radius 1 is 1.03 bits per heavy atom. The van der Waals surface area contributed by atoms with Gasteiger partial charge in [-0.1, -0.05) is 61.2 Å². The second kappa shape index (κ2) is 13.7. The summed E-state index contributed by atoms with van der Waals surface area (Å²) in [6.45, 7) is 8.90. The molecule has 2 aromatic carbocycles. The smallest absolute Gasteiger partial charge is 0.316 e. The molecule has 9 nitrogen and oxygen atoms in total. The minimum absolute atomic E-state index is 0.0370. The largest absolute Gasteiger partial charge is 0.490 e. The number of rotatable bonds is 12. The van der Waals surface area contributed by atoms with Gasteiger partial charge in [-0.25, -0.2) is 4.79 Å². The Bertz CT molecular complexity index is 1040. The van der Waals surface area contributed by atoms with Crippen molar-refractivity contribution in [1.29, 1.82) is 0 Å². The van der Waals surface area contributed by atoms with E-state index in [0.717, 1.165) is 11.1 Å². The Kier molecular flexibility index (Phi) is 10.1. The molecule has 1 saturated heterocycles. The molecule has 0 aromatic heterocycles. The Morgan fingerprint density at radius 2 is 1.78 bits per heavy atom. The number of nitrogens with one attached hydrogen (secondary N) is 3. The Hall–Kier alpha value is -4.11. The van der Waals surface area contributed by atoms with Crippen LogP contribution in [-0.4, -0.2) is 66.6 Å². The number of urea groups is 1. The summed E-state index contributed by atoms with van der Waals surface area (Å²) in [5.74, 6) is 0.241. The number of nitrogens with zero attached hydrogens (tertiary/aromatic N) is 2. The Balaban J connectivity index is 1.66. The van der Waals surface area contributed by atoms with E-state index < -0.39 is 12.2 Å². The van der Waals surface area contributed by atoms with Crippen LogP contribution in [0.25, 0.3) is 0 Å². The second-order valence-electron chi connectivity index (χ2n) is 8.29. The van der Waals surface area contributed by atoms with Gasteiger partial charge in [0.15, 0.2) is 0 Å². The van der Waals surface area contributed by atoms with Gasteiger partial charge < -0.3 is 30.5 Å². The van der Waals surface area contributed by atoms with Crippen LogP contribution in [0.1, 0.15) is 11.1 Å². The third-order valence-corrected chi connectivity index (χ3v) is 5.57. The van der Waals surface area contributed by atoms with Gasteiger partial charge >= 0.3 is 6.03 Å². The molecule has 0 saturated carbocycles. The van der Waals surface area contributed by atoms with Gasteiger partial charge in [-0.3, -0.25) is 9.59 Å². The molecular weight excluding hydrogens is 458 g/mol. The van der Waals surface area contributed by atoms with Crippen molar-refractivity contribution < 1.29 is 19.1 Å². The minimum atomic E-state index is -0.674. The minimum Gasteiger partial charge on any atom is -0.490 e. The predicted molar refractivity (Wildman–Crippen MR) is 138 cm³/mol. The molecule has 3 N–H and O–H groups in total. The first-order valence-corrected chi connectivity index (χ1v) is 11.8. The molecule has 1 aliphatic heterocycles. The van der Waals surface area contributed by atoms with E-state index in [4.69, 9.17) is 4.74 Å². The van der Waals surface area contributed by atoms with E-state index in [1.165, 1.54) is 4.90 Å². The molecule has 2 aromatic rings. The standard InChI is InChI=1S/C27H33N5O4/c1-3-14-28-17-25(33)32-20-26(34)31(18-22-10-12-23(13-11-22)36-15-4-2)19-24(32)30-27(35)29-16-21-8-6-5-7-9-21/h3-13,24,28H,1-2,14-20H2,(H2,29,30,35)/t24-/m1/s1. The van der Waals surface area contributed by atoms with Gasteiger partial charge in [0.1, 0.15) is 25.1 Å². The summed E-state index contributed by atoms with van der Waals surface area (Å²) < 4.78 is 5.51. The quantitative estimate of drug-likeness (QED) is 0.311. The van der Waals surface area contributed by atoms with E-state index in [9.17, 15) is 14.4 Å². The Labute approximate surface area is 211 Å². The van der Waals surface area contributed by atoms with Gasteiger partial charge in [0.05, 0.1) is 13.1 Å². The van der Waals surface area contributed by atoms with Gasteiger partial charge in [-0.15, -0.1) is 6.58 Å². The maximum Gasteiger partial charge on any atom is 0.316 e. The summed E-state index contributed by atoms with van der Waals surface area (Å²) in [7, 11) is 0. The molecule has 1 heterocycles. The second-order valence-corrected chi connectivity index (χ2v) is 8.29. The average Bonchev–Trinajstić information content (AvgIpc) is 2.89. The maximum atomic E-state index is 12.9. The van der Waals surface area contributed by atoms with Crippen molar-refractivity contribution in [3.05, 3.63) is 91.0 Å². The molecule has 0 spiro atoms. The van der Waals surface area contributed by atoms with Gasteiger partial charge in [0.2, 0.25) is 11.8 Å². The highest BCUT2D eigenvalue weighted by Crippen LogP contribution is 2.17. The summed E-state index contributed by atoms with van der Waals surface area (Å²) in [6, 6.07) is 16.5. The van der Waals surface area contributed by atoms with Crippen LogP contribution in [0, 0.1) is 0 Å². The number of ether oxygens (including phenoxy) is 1. The molecule has 0 unspecified atom stereocenters. The molecule has 36 heavy (non-hydrogen) atoms. The first-order chi connectivity index (χ1) is 17.5. The summed E-state index contributed by atoms with van der Waals surface area (Å²) in [5.41, 5.74) is 1.86. The zero-order valence-electron chi connectivity index (χ0n) is 20.3. The van der Waals surface area contributed by atoms with Crippen LogP contribution in [0.3, 0.4) is 0 Å². The molecule has 1 atom stereocenters. The normalized spacial score (nSPS) is 15.2. The lowest BCUT2D eigenvalue weighted by Gasteiger charge is -2.41. The summed E-state index contributed by atoms with van der Waals surface area (Å²) >= 11 is 0. The lowest BCUT2D eigenvalue weighted by molar-refractivity contribution is -0.149. The number of carbonyl (C=O) groups excluding carboxylic acids is 3. The lowest BCUT2D eigenvalue weighted by Crippen LogP contribution is -2.65. The third-order valence-electron chi connectivity index (χ3n) is 5.57. The highest BCUT2D eigenvalue weighted by atomic mass is 16.5. The van der Waals surface area contributed by atoms with Gasteiger partial charge in [0.25, 0.3) is 0 Å². The molecule has 9 heteroatoms. The van der Waals surface area contributed by atoms with Crippen LogP contribution in [0.15, 0.2) is 79.9 Å². The molecule has 1 aliphatic rings. The number of amides is 4. The summed E-state index contributed by atoms with van der Waals surface area (Å²) in [4.78, 5) is 41.5. The highest BCUT2D eigenvalue weighted by Gasteiger charge is 2.35. The number of hydrogen-bond acceptors (Lipinski definition) is 5. The SMILES string of the molecule is C=CCNCC(=O)N1CC(=O)N(Cc2ccc(OCC=C)cc2)C[C@@H]1NC(=O)NCc1ccccc1. The number of hydrogen-bond donors (Lipinski definition) is 3. The van der Waals surface area contributed by atoms with Crippen LogP contribution < -0.4 is 20.7 Å². The monoisotopic (exact) mass is 491 g/mol. The zero-order chi connectivity index (χ0) is 25.8. The van der Waals surface area contributed by atoms with Gasteiger partial charge in [-0.05, 0) is 23.3 Å². The fourth-order valence-electron chi connectivity index (χ4n) is 3.73. The molecule has 4 amide bonds. The lowest BCUT2D eigenvalue weighted by atomic mass is 10.1. The first-order valence-electron chi connectivity index (χ1n) is 11.8. The fourth-order valence-corrected chi connectivity index (χ4v) is 3.73. The topological polar surface area (TPSA) is 103 Å². The van der Waals surface area contributed by atoms with E-state index in [-0.39, 0.29) is 31.4 Å². The third kappa shape index (κ3) is 7.99. The number of piperazine rings is 1. The van der Waals surface area contributed by atoms with Crippen LogP contribution in [0.5, 0.6) is 5.75 Å². The molecule has 3 rings (SSSR count). The van der Waals surface area contributed by atoms with Crippen LogP contribution >= 0.6 is 0 Å². The van der Waals surface area contributed by atoms with E-state index in [1.54, 1.807) is 17.1 Å². The predicted octanol–water partition coefficient (Wildman–Crippen LogP) is 2.02. The molecule has 0 bridgehead atoms. The fraction of sp³-hybridized carbons (Fsp3) is 0.296. The van der Waals surface area contributed by atoms with Gasteiger partial charge in [-0.2, -0.15) is 0 Å². The molecule has 1 fully saturated rings. The summed E-state index contributed by atoms with van der Waals surface area (Å²) in [6.07, 6.45) is 2.65. The van der Waals surface area contributed by atoms with Crippen molar-refractivity contribution in [3.63, 3.8) is 0 Å². The summed E-state index contributed by atoms with van der Waals surface area (Å²) in [5, 5.41) is 8.64. The maximum absolute atomic E-state index is 12.9.